The Morgan fingerprint density at radius 2 is 2.00 bits per heavy atom. The van der Waals surface area contributed by atoms with Gasteiger partial charge in [0.2, 0.25) is 5.91 Å². The molecule has 0 aliphatic carbocycles. The molecule has 2 atom stereocenters. The molecule has 0 spiro atoms. The highest BCUT2D eigenvalue weighted by atomic mass is 35.5. The van der Waals surface area contributed by atoms with E-state index >= 15 is 0 Å². The van der Waals surface area contributed by atoms with Gasteiger partial charge in [0.1, 0.15) is 0 Å². The van der Waals surface area contributed by atoms with Crippen LogP contribution in [0.25, 0.3) is 0 Å². The van der Waals surface area contributed by atoms with Crippen molar-refractivity contribution >= 4 is 28.8 Å². The van der Waals surface area contributed by atoms with Crippen LogP contribution in [0.2, 0.25) is 4.34 Å². The largest absolute Gasteiger partial charge is 0.350 e. The molecule has 1 aromatic rings. The average molecular weight is 289 g/mol. The van der Waals surface area contributed by atoms with Crippen LogP contribution in [0.15, 0.2) is 11.4 Å². The molecular formula is C13H21ClN2OS. The Morgan fingerprint density at radius 3 is 2.44 bits per heavy atom. The van der Waals surface area contributed by atoms with Gasteiger partial charge in [0.15, 0.2) is 0 Å². The lowest BCUT2D eigenvalue weighted by Gasteiger charge is -2.25. The first-order valence-corrected chi connectivity index (χ1v) is 7.27. The summed E-state index contributed by atoms with van der Waals surface area (Å²) in [4.78, 5) is 11.9. The van der Waals surface area contributed by atoms with Gasteiger partial charge < -0.3 is 5.32 Å². The summed E-state index contributed by atoms with van der Waals surface area (Å²) in [5.74, 6) is 0.00989. The molecule has 5 heteroatoms. The minimum atomic E-state index is -0.238. The van der Waals surface area contributed by atoms with Gasteiger partial charge in [-0.2, -0.15) is 0 Å². The quantitative estimate of drug-likeness (QED) is 0.892. The maximum Gasteiger partial charge on any atom is 0.237 e. The van der Waals surface area contributed by atoms with E-state index in [2.05, 4.69) is 10.6 Å². The molecule has 0 fully saturated rings. The molecule has 0 bridgehead atoms. The van der Waals surface area contributed by atoms with Crippen LogP contribution in [-0.4, -0.2) is 17.5 Å². The number of carbonyl (C=O) groups is 1. The van der Waals surface area contributed by atoms with Crippen LogP contribution in [-0.2, 0) is 4.79 Å². The molecule has 1 amide bonds. The molecule has 0 saturated heterocycles. The van der Waals surface area contributed by atoms with Crippen LogP contribution in [0.5, 0.6) is 0 Å². The van der Waals surface area contributed by atoms with Gasteiger partial charge >= 0.3 is 0 Å². The number of halogens is 1. The summed E-state index contributed by atoms with van der Waals surface area (Å²) >= 11 is 7.41. The van der Waals surface area contributed by atoms with E-state index in [1.807, 2.05) is 46.1 Å². The molecule has 3 nitrogen and oxygen atoms in total. The molecule has 2 unspecified atom stereocenters. The number of amides is 1. The van der Waals surface area contributed by atoms with Crippen molar-refractivity contribution in [1.29, 1.82) is 0 Å². The van der Waals surface area contributed by atoms with Crippen LogP contribution < -0.4 is 10.6 Å². The van der Waals surface area contributed by atoms with Crippen molar-refractivity contribution in [2.24, 2.45) is 0 Å². The summed E-state index contributed by atoms with van der Waals surface area (Å²) in [6.45, 7) is 9.81. The second kappa shape index (κ2) is 6.04. The van der Waals surface area contributed by atoms with Gasteiger partial charge in [-0.25, -0.2) is 0 Å². The molecule has 0 saturated carbocycles. The fourth-order valence-electron chi connectivity index (χ4n) is 1.58. The van der Waals surface area contributed by atoms with Gasteiger partial charge in [-0.05, 0) is 51.6 Å². The van der Waals surface area contributed by atoms with Crippen molar-refractivity contribution in [2.75, 3.05) is 0 Å². The van der Waals surface area contributed by atoms with Gasteiger partial charge in [0, 0.05) is 11.6 Å². The second-order valence-electron chi connectivity index (χ2n) is 5.53. The van der Waals surface area contributed by atoms with Crippen molar-refractivity contribution in [3.63, 3.8) is 0 Å². The molecule has 1 rings (SSSR count). The summed E-state index contributed by atoms with van der Waals surface area (Å²) in [5, 5.41) is 8.23. The molecule has 18 heavy (non-hydrogen) atoms. The van der Waals surface area contributed by atoms with Crippen LogP contribution in [0.1, 0.15) is 46.2 Å². The molecular weight excluding hydrogens is 268 g/mol. The Balaban J connectivity index is 2.54. The smallest absolute Gasteiger partial charge is 0.237 e. The Hall–Kier alpha value is -0.580. The topological polar surface area (TPSA) is 41.1 Å². The van der Waals surface area contributed by atoms with Crippen LogP contribution >= 0.6 is 22.9 Å². The van der Waals surface area contributed by atoms with E-state index in [4.69, 9.17) is 11.6 Å². The Kier molecular flexibility index (Phi) is 5.20. The Labute approximate surface area is 118 Å². The lowest BCUT2D eigenvalue weighted by Crippen LogP contribution is -2.49. The van der Waals surface area contributed by atoms with E-state index in [0.29, 0.717) is 0 Å². The van der Waals surface area contributed by atoms with Crippen LogP contribution in [0, 0.1) is 0 Å². The molecule has 2 N–H and O–H groups in total. The number of rotatable bonds is 4. The van der Waals surface area contributed by atoms with E-state index < -0.39 is 0 Å². The van der Waals surface area contributed by atoms with Crippen molar-refractivity contribution in [2.45, 2.75) is 52.2 Å². The standard InChI is InChI=1S/C13H21ClN2OS/c1-8(10-6-11(14)18-7-10)15-9(2)12(17)16-13(3,4)5/h6-9,15H,1-5H3,(H,16,17). The van der Waals surface area contributed by atoms with Crippen molar-refractivity contribution in [1.82, 2.24) is 10.6 Å². The minimum absolute atomic E-state index is 0.00989. The van der Waals surface area contributed by atoms with Gasteiger partial charge in [-0.3, -0.25) is 10.1 Å². The lowest BCUT2D eigenvalue weighted by molar-refractivity contribution is -0.124. The fourth-order valence-corrected chi connectivity index (χ4v) is 2.56. The third kappa shape index (κ3) is 4.96. The van der Waals surface area contributed by atoms with E-state index in [1.54, 1.807) is 0 Å². The summed E-state index contributed by atoms with van der Waals surface area (Å²) in [6, 6.07) is 1.80. The zero-order valence-electron chi connectivity index (χ0n) is 11.5. The van der Waals surface area contributed by atoms with Crippen molar-refractivity contribution in [3.05, 3.63) is 21.3 Å². The average Bonchev–Trinajstić information content (AvgIpc) is 2.62. The minimum Gasteiger partial charge on any atom is -0.350 e. The number of nitrogens with one attached hydrogen (secondary N) is 2. The normalized spacial score (nSPS) is 15.2. The highest BCUT2D eigenvalue weighted by Gasteiger charge is 2.21. The maximum atomic E-state index is 11.9. The molecule has 0 aliphatic heterocycles. The Bertz CT molecular complexity index is 411. The highest BCUT2D eigenvalue weighted by molar-refractivity contribution is 7.14. The zero-order valence-corrected chi connectivity index (χ0v) is 13.1. The van der Waals surface area contributed by atoms with Gasteiger partial charge in [-0.1, -0.05) is 11.6 Å². The third-order valence-corrected chi connectivity index (χ3v) is 3.59. The van der Waals surface area contributed by atoms with Crippen molar-refractivity contribution < 1.29 is 4.79 Å². The Morgan fingerprint density at radius 1 is 1.39 bits per heavy atom. The summed E-state index contributed by atoms with van der Waals surface area (Å²) in [7, 11) is 0. The monoisotopic (exact) mass is 288 g/mol. The summed E-state index contributed by atoms with van der Waals surface area (Å²) in [5.41, 5.74) is 0.905. The predicted molar refractivity (Wildman–Crippen MR) is 78.2 cm³/mol. The molecule has 1 heterocycles. The third-order valence-electron chi connectivity index (χ3n) is 2.48. The van der Waals surface area contributed by atoms with E-state index in [1.165, 1.54) is 11.3 Å². The first-order chi connectivity index (χ1) is 8.19. The van der Waals surface area contributed by atoms with E-state index in [9.17, 15) is 4.79 Å². The summed E-state index contributed by atoms with van der Waals surface area (Å²) in [6.07, 6.45) is 0. The SMILES string of the molecule is CC(NC(C)c1csc(Cl)c1)C(=O)NC(C)(C)C. The first kappa shape index (κ1) is 15.5. The molecule has 102 valence electrons. The molecule has 0 aliphatic rings. The number of carbonyl (C=O) groups excluding carboxylic acids is 1. The van der Waals surface area contributed by atoms with Crippen molar-refractivity contribution in [3.8, 4) is 0 Å². The number of hydrogen-bond donors (Lipinski definition) is 2. The maximum absolute atomic E-state index is 11.9. The van der Waals surface area contributed by atoms with Crippen LogP contribution in [0.4, 0.5) is 0 Å². The predicted octanol–water partition coefficient (Wildman–Crippen LogP) is 3.36. The van der Waals surface area contributed by atoms with Gasteiger partial charge in [0.05, 0.1) is 10.4 Å². The highest BCUT2D eigenvalue weighted by Crippen LogP contribution is 2.24. The second-order valence-corrected chi connectivity index (χ2v) is 7.08. The van der Waals surface area contributed by atoms with Gasteiger partial charge in [-0.15, -0.1) is 11.3 Å². The number of thiophene rings is 1. The summed E-state index contributed by atoms with van der Waals surface area (Å²) < 4.78 is 0.769. The molecule has 0 radical (unpaired) electrons. The van der Waals surface area contributed by atoms with Gasteiger partial charge in [0.25, 0.3) is 0 Å². The van der Waals surface area contributed by atoms with E-state index in [0.717, 1.165) is 9.90 Å². The van der Waals surface area contributed by atoms with Crippen LogP contribution in [0.3, 0.4) is 0 Å². The molecule has 1 aromatic heterocycles. The lowest BCUT2D eigenvalue weighted by atomic mass is 10.1. The van der Waals surface area contributed by atoms with E-state index in [-0.39, 0.29) is 23.5 Å². The molecule has 0 aromatic carbocycles. The zero-order chi connectivity index (χ0) is 13.9. The first-order valence-electron chi connectivity index (χ1n) is 6.01. The number of hydrogen-bond acceptors (Lipinski definition) is 3. The fraction of sp³-hybridized carbons (Fsp3) is 0.615.